The number of hydrogen-bond acceptors (Lipinski definition) is 4. The molecule has 0 bridgehead atoms. The van der Waals surface area contributed by atoms with Gasteiger partial charge in [-0.3, -0.25) is 0 Å². The van der Waals surface area contributed by atoms with Crippen molar-refractivity contribution in [2.24, 2.45) is 0 Å². The van der Waals surface area contributed by atoms with Gasteiger partial charge in [0.25, 0.3) is 0 Å². The quantitative estimate of drug-likeness (QED) is 0.665. The van der Waals surface area contributed by atoms with Gasteiger partial charge in [-0.25, -0.2) is 0 Å². The molecule has 1 atom stereocenters. The van der Waals surface area contributed by atoms with Crippen LogP contribution in [0.4, 0.5) is 0 Å². The van der Waals surface area contributed by atoms with Gasteiger partial charge in [-0.15, -0.1) is 0 Å². The molecule has 1 unspecified atom stereocenters. The summed E-state index contributed by atoms with van der Waals surface area (Å²) in [6.45, 7) is 1.22. The number of nitrogens with two attached hydrogens (primary N) is 1. The van der Waals surface area contributed by atoms with Crippen LogP contribution in [-0.2, 0) is 6.42 Å². The van der Waals surface area contributed by atoms with Gasteiger partial charge in [0.05, 0.1) is 41.0 Å². The fourth-order valence-electron chi connectivity index (χ4n) is 4.37. The normalized spacial score (nSPS) is 16.5. The molecule has 2 N–H and O–H groups in total. The number of methoxy groups -OCH3 is 4. The van der Waals surface area contributed by atoms with Crippen LogP contribution in [0.15, 0.2) is 30.3 Å². The smallest absolute Gasteiger partial charge is 0.161 e. The number of ether oxygens (including phenoxy) is 4. The maximum Gasteiger partial charge on any atom is 0.161 e. The highest BCUT2D eigenvalue weighted by atomic mass is 16.5. The molecule has 1 fully saturated rings. The Morgan fingerprint density at radius 3 is 1.89 bits per heavy atom. The van der Waals surface area contributed by atoms with Gasteiger partial charge >= 0.3 is 0 Å². The van der Waals surface area contributed by atoms with Crippen molar-refractivity contribution < 1.29 is 24.3 Å². The van der Waals surface area contributed by atoms with Gasteiger partial charge in [0.15, 0.2) is 23.0 Å². The van der Waals surface area contributed by atoms with E-state index in [1.54, 1.807) is 28.4 Å². The first-order valence-electron chi connectivity index (χ1n) is 9.75. The zero-order valence-electron chi connectivity index (χ0n) is 17.0. The van der Waals surface area contributed by atoms with Crippen LogP contribution < -0.4 is 24.3 Å². The van der Waals surface area contributed by atoms with Gasteiger partial charge in [-0.2, -0.15) is 0 Å². The second-order valence-electron chi connectivity index (χ2n) is 7.35. The molecular weight excluding hydrogens is 354 g/mol. The van der Waals surface area contributed by atoms with E-state index in [-0.39, 0.29) is 0 Å². The number of benzene rings is 3. The average Bonchev–Trinajstić information content (AvgIpc) is 3.24. The fraction of sp³-hybridized carbons (Fsp3) is 0.391. The molecule has 5 heteroatoms. The number of quaternary nitrogens is 1. The summed E-state index contributed by atoms with van der Waals surface area (Å²) in [7, 11) is 6.70. The minimum absolute atomic E-state index is 0.633. The summed E-state index contributed by atoms with van der Waals surface area (Å²) >= 11 is 0. The minimum atomic E-state index is 0.633. The van der Waals surface area contributed by atoms with Crippen molar-refractivity contribution >= 4 is 21.5 Å². The molecule has 0 amide bonds. The Labute approximate surface area is 165 Å². The van der Waals surface area contributed by atoms with E-state index in [1.165, 1.54) is 30.3 Å². The molecule has 0 aliphatic carbocycles. The molecule has 28 heavy (non-hydrogen) atoms. The van der Waals surface area contributed by atoms with Crippen molar-refractivity contribution in [2.45, 2.75) is 25.3 Å². The van der Waals surface area contributed by atoms with Crippen molar-refractivity contribution in [3.63, 3.8) is 0 Å². The standard InChI is InChI=1S/C23H27NO4/c1-25-20-10-15-8-14(9-16-6-5-7-24-16)17-11-22(27-3)23(28-4)13-19(17)18(15)12-21(20)26-2/h8,10-13,16,24H,5-7,9H2,1-4H3/p+1. The Bertz CT molecular complexity index is 1010. The van der Waals surface area contributed by atoms with Crippen molar-refractivity contribution in [1.82, 2.24) is 0 Å². The van der Waals surface area contributed by atoms with Crippen molar-refractivity contribution in [1.29, 1.82) is 0 Å². The maximum atomic E-state index is 5.59. The third kappa shape index (κ3) is 3.20. The summed E-state index contributed by atoms with van der Waals surface area (Å²) < 4.78 is 22.2. The predicted octanol–water partition coefficient (Wildman–Crippen LogP) is 3.30. The van der Waals surface area contributed by atoms with E-state index in [2.05, 4.69) is 29.6 Å². The summed E-state index contributed by atoms with van der Waals surface area (Å²) in [5, 5.41) is 7.07. The molecule has 148 valence electrons. The second-order valence-corrected chi connectivity index (χ2v) is 7.35. The van der Waals surface area contributed by atoms with Crippen molar-refractivity contribution in [3.05, 3.63) is 35.9 Å². The Morgan fingerprint density at radius 2 is 1.32 bits per heavy atom. The van der Waals surface area contributed by atoms with Crippen LogP contribution in [0.25, 0.3) is 21.5 Å². The SMILES string of the molecule is COc1cc2cc(CC3CCC[NH2+]3)c3cc(OC)c(OC)cc3c2cc1OC. The van der Waals surface area contributed by atoms with Crippen LogP contribution in [0.1, 0.15) is 18.4 Å². The Kier molecular flexibility index (Phi) is 5.18. The molecule has 0 aromatic heterocycles. The van der Waals surface area contributed by atoms with Crippen LogP contribution in [-0.4, -0.2) is 41.0 Å². The van der Waals surface area contributed by atoms with Crippen LogP contribution in [0.5, 0.6) is 23.0 Å². The second kappa shape index (κ2) is 7.76. The molecule has 1 aliphatic heterocycles. The topological polar surface area (TPSA) is 53.5 Å². The molecular formula is C23H28NO4+. The highest BCUT2D eigenvalue weighted by Crippen LogP contribution is 2.41. The van der Waals surface area contributed by atoms with Gasteiger partial charge in [0.1, 0.15) is 0 Å². The van der Waals surface area contributed by atoms with Gasteiger partial charge in [-0.1, -0.05) is 6.07 Å². The van der Waals surface area contributed by atoms with Crippen LogP contribution >= 0.6 is 0 Å². The summed E-state index contributed by atoms with van der Waals surface area (Å²) in [5.74, 6) is 2.96. The summed E-state index contributed by atoms with van der Waals surface area (Å²) in [6, 6.07) is 11.2. The fourth-order valence-corrected chi connectivity index (χ4v) is 4.37. The molecule has 1 heterocycles. The number of hydrogen-bond donors (Lipinski definition) is 1. The van der Waals surface area contributed by atoms with Gasteiger partial charge in [-0.05, 0) is 51.4 Å². The van der Waals surface area contributed by atoms with Crippen LogP contribution in [0.2, 0.25) is 0 Å². The monoisotopic (exact) mass is 382 g/mol. The molecule has 1 aliphatic rings. The van der Waals surface area contributed by atoms with Gasteiger partial charge in [0.2, 0.25) is 0 Å². The highest BCUT2D eigenvalue weighted by Gasteiger charge is 2.22. The van der Waals surface area contributed by atoms with Gasteiger partial charge < -0.3 is 24.3 Å². The Hall–Kier alpha value is -2.66. The molecule has 0 saturated carbocycles. The average molecular weight is 382 g/mol. The minimum Gasteiger partial charge on any atom is -0.493 e. The first kappa shape index (κ1) is 18.7. The van der Waals surface area contributed by atoms with Crippen LogP contribution in [0.3, 0.4) is 0 Å². The molecule has 0 spiro atoms. The molecule has 3 aromatic carbocycles. The Morgan fingerprint density at radius 1 is 0.750 bits per heavy atom. The lowest BCUT2D eigenvalue weighted by Gasteiger charge is -2.17. The summed E-state index contributed by atoms with van der Waals surface area (Å²) in [4.78, 5) is 0. The lowest BCUT2D eigenvalue weighted by Crippen LogP contribution is -2.87. The van der Waals surface area contributed by atoms with E-state index in [4.69, 9.17) is 18.9 Å². The van der Waals surface area contributed by atoms with Crippen molar-refractivity contribution in [2.75, 3.05) is 35.0 Å². The van der Waals surface area contributed by atoms with Gasteiger partial charge in [0, 0.05) is 19.3 Å². The van der Waals surface area contributed by atoms with E-state index in [0.29, 0.717) is 6.04 Å². The zero-order chi connectivity index (χ0) is 19.7. The number of fused-ring (bicyclic) bond motifs is 3. The van der Waals surface area contributed by atoms with E-state index in [1.807, 2.05) is 6.07 Å². The third-order valence-corrected chi connectivity index (χ3v) is 5.81. The van der Waals surface area contributed by atoms with E-state index in [9.17, 15) is 0 Å². The first-order valence-corrected chi connectivity index (χ1v) is 9.75. The molecule has 1 saturated heterocycles. The van der Waals surface area contributed by atoms with E-state index < -0.39 is 0 Å². The van der Waals surface area contributed by atoms with E-state index in [0.717, 1.165) is 45.6 Å². The molecule has 5 nitrogen and oxygen atoms in total. The highest BCUT2D eigenvalue weighted by molar-refractivity contribution is 6.11. The summed E-state index contributed by atoms with van der Waals surface area (Å²) in [5.41, 5.74) is 1.33. The first-order chi connectivity index (χ1) is 13.7. The maximum absolute atomic E-state index is 5.59. The lowest BCUT2D eigenvalue weighted by atomic mass is 9.92. The third-order valence-electron chi connectivity index (χ3n) is 5.81. The van der Waals surface area contributed by atoms with Crippen LogP contribution in [0, 0.1) is 0 Å². The molecule has 4 rings (SSSR count). The predicted molar refractivity (Wildman–Crippen MR) is 111 cm³/mol. The largest absolute Gasteiger partial charge is 0.493 e. The summed E-state index contributed by atoms with van der Waals surface area (Å²) in [6.07, 6.45) is 3.59. The lowest BCUT2D eigenvalue weighted by molar-refractivity contribution is -0.669. The molecule has 3 aromatic rings. The Balaban J connectivity index is 2.01. The zero-order valence-corrected chi connectivity index (χ0v) is 17.0. The molecule has 0 radical (unpaired) electrons. The van der Waals surface area contributed by atoms with Crippen molar-refractivity contribution in [3.8, 4) is 23.0 Å². The van der Waals surface area contributed by atoms with E-state index >= 15 is 0 Å². The number of rotatable bonds is 6.